The van der Waals surface area contributed by atoms with Crippen molar-refractivity contribution < 1.29 is 26.7 Å². The van der Waals surface area contributed by atoms with Crippen LogP contribution in [0.4, 0.5) is 14.5 Å². The minimum absolute atomic E-state index is 0.0700. The molecule has 1 saturated heterocycles. The van der Waals surface area contributed by atoms with Crippen molar-refractivity contribution in [3.8, 4) is 0 Å². The fourth-order valence-corrected chi connectivity index (χ4v) is 4.36. The van der Waals surface area contributed by atoms with Crippen LogP contribution in [-0.2, 0) is 14.8 Å². The zero-order valence-electron chi connectivity index (χ0n) is 14.5. The largest absolute Gasteiger partial charge is 0.378 e. The van der Waals surface area contributed by atoms with E-state index in [9.17, 15) is 22.0 Å². The number of hydrogen-bond acceptors (Lipinski definition) is 4. The summed E-state index contributed by atoms with van der Waals surface area (Å²) in [6.45, 7) is 2.69. The Hall–Kier alpha value is -2.36. The van der Waals surface area contributed by atoms with E-state index in [0.29, 0.717) is 13.2 Å². The maximum atomic E-state index is 13.2. The molecule has 0 spiro atoms. The van der Waals surface area contributed by atoms with Crippen LogP contribution in [0.3, 0.4) is 0 Å². The van der Waals surface area contributed by atoms with Crippen LogP contribution < -0.4 is 5.32 Å². The van der Waals surface area contributed by atoms with E-state index in [1.165, 1.54) is 34.6 Å². The summed E-state index contributed by atoms with van der Waals surface area (Å²) in [7, 11) is -3.69. The first-order valence-corrected chi connectivity index (χ1v) is 9.69. The number of amides is 1. The van der Waals surface area contributed by atoms with E-state index in [1.807, 2.05) is 0 Å². The van der Waals surface area contributed by atoms with Gasteiger partial charge in [-0.15, -0.1) is 0 Å². The lowest BCUT2D eigenvalue weighted by Crippen LogP contribution is -2.46. The zero-order chi connectivity index (χ0) is 19.6. The molecule has 0 bridgehead atoms. The van der Waals surface area contributed by atoms with Crippen molar-refractivity contribution >= 4 is 21.6 Å². The van der Waals surface area contributed by atoms with Crippen LogP contribution in [0.2, 0.25) is 0 Å². The number of ether oxygens (including phenoxy) is 1. The normalized spacial score (nSPS) is 18.3. The fourth-order valence-electron chi connectivity index (χ4n) is 2.76. The number of sulfonamides is 1. The lowest BCUT2D eigenvalue weighted by molar-refractivity contribution is 0.0393. The van der Waals surface area contributed by atoms with E-state index in [0.717, 1.165) is 12.1 Å². The molecule has 0 radical (unpaired) electrons. The molecule has 27 heavy (non-hydrogen) atoms. The first kappa shape index (κ1) is 19.4. The fraction of sp³-hybridized carbons (Fsp3) is 0.278. The highest BCUT2D eigenvalue weighted by atomic mass is 32.2. The van der Waals surface area contributed by atoms with Crippen molar-refractivity contribution in [3.63, 3.8) is 0 Å². The van der Waals surface area contributed by atoms with Gasteiger partial charge in [-0.05, 0) is 43.3 Å². The van der Waals surface area contributed by atoms with Crippen molar-refractivity contribution in [1.82, 2.24) is 4.31 Å². The summed E-state index contributed by atoms with van der Waals surface area (Å²) < 4.78 is 58.2. The predicted octanol–water partition coefficient (Wildman–Crippen LogP) is 2.63. The maximum absolute atomic E-state index is 13.2. The Labute approximate surface area is 155 Å². The van der Waals surface area contributed by atoms with E-state index in [2.05, 4.69) is 5.32 Å². The maximum Gasteiger partial charge on any atom is 0.255 e. The molecule has 1 aliphatic heterocycles. The molecule has 0 aromatic heterocycles. The summed E-state index contributed by atoms with van der Waals surface area (Å²) in [4.78, 5) is 12.3. The SMILES string of the molecule is CC1COCCN1S(=O)(=O)c1ccc(C(=O)Nc2ccc(F)c(F)c2)cc1. The van der Waals surface area contributed by atoms with Crippen molar-refractivity contribution in [2.24, 2.45) is 0 Å². The van der Waals surface area contributed by atoms with Crippen molar-refractivity contribution in [1.29, 1.82) is 0 Å². The van der Waals surface area contributed by atoms with Gasteiger partial charge in [-0.2, -0.15) is 4.31 Å². The third-order valence-electron chi connectivity index (χ3n) is 4.21. The Bertz CT molecular complexity index is 948. The number of carbonyl (C=O) groups is 1. The number of morpholine rings is 1. The van der Waals surface area contributed by atoms with Crippen molar-refractivity contribution in [3.05, 3.63) is 59.7 Å². The van der Waals surface area contributed by atoms with Crippen LogP contribution in [0.15, 0.2) is 47.4 Å². The molecule has 0 aliphatic carbocycles. The Kier molecular flexibility index (Phi) is 5.54. The van der Waals surface area contributed by atoms with Gasteiger partial charge < -0.3 is 10.1 Å². The van der Waals surface area contributed by atoms with Crippen molar-refractivity contribution in [2.75, 3.05) is 25.1 Å². The Morgan fingerprint density at radius 3 is 2.48 bits per heavy atom. The van der Waals surface area contributed by atoms with Crippen molar-refractivity contribution in [2.45, 2.75) is 17.9 Å². The van der Waals surface area contributed by atoms with Gasteiger partial charge in [0.25, 0.3) is 5.91 Å². The van der Waals surface area contributed by atoms with E-state index < -0.39 is 27.6 Å². The standard InChI is InChI=1S/C18H18F2N2O4S/c1-12-11-26-9-8-22(12)27(24,25)15-5-2-13(3-6-15)18(23)21-14-4-7-16(19)17(20)10-14/h2-7,10,12H,8-9,11H2,1H3,(H,21,23). The van der Waals surface area contributed by atoms with Crippen LogP contribution in [0.5, 0.6) is 0 Å². The summed E-state index contributed by atoms with van der Waals surface area (Å²) in [6, 6.07) is 8.15. The van der Waals surface area contributed by atoms with Gasteiger partial charge in [0.2, 0.25) is 10.0 Å². The molecule has 6 nitrogen and oxygen atoms in total. The number of nitrogens with one attached hydrogen (secondary N) is 1. The quantitative estimate of drug-likeness (QED) is 0.862. The lowest BCUT2D eigenvalue weighted by Gasteiger charge is -2.32. The Morgan fingerprint density at radius 1 is 1.15 bits per heavy atom. The van der Waals surface area contributed by atoms with Crippen LogP contribution in [0.25, 0.3) is 0 Å². The molecule has 1 aliphatic rings. The van der Waals surface area contributed by atoms with Crippen LogP contribution in [-0.4, -0.2) is 44.4 Å². The molecule has 1 fully saturated rings. The van der Waals surface area contributed by atoms with Crippen LogP contribution in [0.1, 0.15) is 17.3 Å². The topological polar surface area (TPSA) is 75.7 Å². The molecular weight excluding hydrogens is 378 g/mol. The highest BCUT2D eigenvalue weighted by molar-refractivity contribution is 7.89. The van der Waals surface area contributed by atoms with Gasteiger partial charge in [-0.1, -0.05) is 0 Å². The second-order valence-corrected chi connectivity index (χ2v) is 8.04. The molecule has 1 N–H and O–H groups in total. The smallest absolute Gasteiger partial charge is 0.255 e. The van der Waals surface area contributed by atoms with E-state index in [1.54, 1.807) is 6.92 Å². The minimum atomic E-state index is -3.69. The average molecular weight is 396 g/mol. The highest BCUT2D eigenvalue weighted by Crippen LogP contribution is 2.21. The van der Waals surface area contributed by atoms with Crippen LogP contribution >= 0.6 is 0 Å². The molecule has 2 aromatic rings. The predicted molar refractivity (Wildman–Crippen MR) is 94.9 cm³/mol. The lowest BCUT2D eigenvalue weighted by atomic mass is 10.2. The third-order valence-corrected chi connectivity index (χ3v) is 6.24. The van der Waals surface area contributed by atoms with Gasteiger partial charge in [0, 0.05) is 29.9 Å². The van der Waals surface area contributed by atoms with E-state index in [4.69, 9.17) is 4.74 Å². The highest BCUT2D eigenvalue weighted by Gasteiger charge is 2.31. The molecular formula is C18H18F2N2O4S. The number of benzene rings is 2. The van der Waals surface area contributed by atoms with Gasteiger partial charge >= 0.3 is 0 Å². The minimum Gasteiger partial charge on any atom is -0.378 e. The molecule has 0 saturated carbocycles. The van der Waals surface area contributed by atoms with Gasteiger partial charge in [0.1, 0.15) is 0 Å². The van der Waals surface area contributed by atoms with Crippen LogP contribution in [0, 0.1) is 11.6 Å². The number of nitrogens with zero attached hydrogens (tertiary/aromatic N) is 1. The Balaban J connectivity index is 1.76. The summed E-state index contributed by atoms with van der Waals surface area (Å²) in [5.74, 6) is -2.65. The summed E-state index contributed by atoms with van der Waals surface area (Å²) in [6.07, 6.45) is 0. The second-order valence-electron chi connectivity index (χ2n) is 6.15. The monoisotopic (exact) mass is 396 g/mol. The molecule has 2 aromatic carbocycles. The number of hydrogen-bond donors (Lipinski definition) is 1. The number of carbonyl (C=O) groups excluding carboxylic acids is 1. The molecule has 144 valence electrons. The first-order valence-electron chi connectivity index (χ1n) is 8.25. The molecule has 9 heteroatoms. The molecule has 1 unspecified atom stereocenters. The molecule has 1 heterocycles. The molecule has 1 atom stereocenters. The van der Waals surface area contributed by atoms with Gasteiger partial charge in [0.15, 0.2) is 11.6 Å². The second kappa shape index (κ2) is 7.71. The Morgan fingerprint density at radius 2 is 1.85 bits per heavy atom. The van der Waals surface area contributed by atoms with E-state index in [-0.39, 0.29) is 28.7 Å². The molecule has 3 rings (SSSR count). The van der Waals surface area contributed by atoms with Gasteiger partial charge in [-0.3, -0.25) is 4.79 Å². The zero-order valence-corrected chi connectivity index (χ0v) is 15.3. The first-order chi connectivity index (χ1) is 12.8. The van der Waals surface area contributed by atoms with Gasteiger partial charge in [0.05, 0.1) is 18.1 Å². The van der Waals surface area contributed by atoms with Gasteiger partial charge in [-0.25, -0.2) is 17.2 Å². The third kappa shape index (κ3) is 4.15. The molecule has 1 amide bonds. The number of anilines is 1. The average Bonchev–Trinajstić information content (AvgIpc) is 2.65. The summed E-state index contributed by atoms with van der Waals surface area (Å²) in [5.41, 5.74) is 0.284. The van der Waals surface area contributed by atoms with E-state index >= 15 is 0 Å². The number of halogens is 2. The number of rotatable bonds is 4. The summed E-state index contributed by atoms with van der Waals surface area (Å²) in [5, 5.41) is 2.43. The summed E-state index contributed by atoms with van der Waals surface area (Å²) >= 11 is 0.